The lowest BCUT2D eigenvalue weighted by Gasteiger charge is -2.51. The van der Waals surface area contributed by atoms with Gasteiger partial charge in [-0.05, 0) is 118 Å². The molecule has 0 amide bonds. The van der Waals surface area contributed by atoms with Crippen molar-refractivity contribution >= 4 is 0 Å². The summed E-state index contributed by atoms with van der Waals surface area (Å²) in [7, 11) is 0. The molecule has 0 saturated heterocycles. The predicted octanol–water partition coefficient (Wildman–Crippen LogP) is 7.97. The average Bonchev–Trinajstić information content (AvgIpc) is 2.73. The lowest BCUT2D eigenvalue weighted by molar-refractivity contribution is -0.0498. The van der Waals surface area contributed by atoms with Gasteiger partial charge < -0.3 is 4.74 Å². The van der Waals surface area contributed by atoms with E-state index in [0.717, 1.165) is 29.6 Å². The maximum absolute atomic E-state index is 12.4. The first kappa shape index (κ1) is 20.9. The van der Waals surface area contributed by atoms with Crippen molar-refractivity contribution in [3.8, 4) is 5.75 Å². The highest BCUT2D eigenvalue weighted by Gasteiger charge is 2.44. The SMILES string of the molecule is C/C=C/CC[C@@H]1CC[C@H]2[C@H](CC[C@H]3CC(c4ccc(OC(F)F)cc4)CC[C@@H]32)C1. The standard InChI is InChI=1S/C26H36F2O/c1-2-3-4-5-18-6-14-24-21(16-18)7-8-22-17-20(11-15-25(22)24)19-9-12-23(13-10-19)29-26(27)28/h2-3,9-10,12-13,18,20-22,24-26H,4-8,11,14-17H2,1H3/b3-2+/t18-,20?,21-,22+,24+,25+/m1/s1. The van der Waals surface area contributed by atoms with Crippen LogP contribution in [0.3, 0.4) is 0 Å². The van der Waals surface area contributed by atoms with Gasteiger partial charge in [0.25, 0.3) is 0 Å². The third-order valence-corrected chi connectivity index (χ3v) is 8.20. The fourth-order valence-electron chi connectivity index (χ4n) is 6.88. The summed E-state index contributed by atoms with van der Waals surface area (Å²) in [6, 6.07) is 7.42. The smallest absolute Gasteiger partial charge is 0.387 e. The lowest BCUT2D eigenvalue weighted by atomic mass is 9.55. The summed E-state index contributed by atoms with van der Waals surface area (Å²) in [5.41, 5.74) is 1.31. The first-order valence-electron chi connectivity index (χ1n) is 11.8. The summed E-state index contributed by atoms with van der Waals surface area (Å²) in [5, 5.41) is 0. The molecule has 4 rings (SSSR count). The van der Waals surface area contributed by atoms with Gasteiger partial charge in [0.2, 0.25) is 0 Å². The molecule has 0 heterocycles. The van der Waals surface area contributed by atoms with E-state index in [1.807, 2.05) is 12.1 Å². The largest absolute Gasteiger partial charge is 0.435 e. The molecule has 160 valence electrons. The zero-order valence-corrected chi connectivity index (χ0v) is 17.7. The summed E-state index contributed by atoms with van der Waals surface area (Å²) < 4.78 is 29.3. The first-order chi connectivity index (χ1) is 14.1. The summed E-state index contributed by atoms with van der Waals surface area (Å²) in [6.07, 6.45) is 18.3. The van der Waals surface area contributed by atoms with Gasteiger partial charge in [0.15, 0.2) is 0 Å². The Morgan fingerprint density at radius 2 is 1.62 bits per heavy atom. The van der Waals surface area contributed by atoms with Crippen LogP contribution in [0, 0.1) is 29.6 Å². The van der Waals surface area contributed by atoms with Gasteiger partial charge in [-0.15, -0.1) is 0 Å². The van der Waals surface area contributed by atoms with Crippen LogP contribution in [-0.4, -0.2) is 6.61 Å². The molecule has 1 aromatic carbocycles. The zero-order valence-electron chi connectivity index (χ0n) is 17.7. The van der Waals surface area contributed by atoms with E-state index >= 15 is 0 Å². The number of rotatable bonds is 6. The second-order valence-corrected chi connectivity index (χ2v) is 9.71. The Bertz CT molecular complexity index is 668. The van der Waals surface area contributed by atoms with Crippen LogP contribution in [0.5, 0.6) is 5.75 Å². The molecular formula is C26H36F2O. The second kappa shape index (κ2) is 9.62. The molecule has 0 aliphatic heterocycles. The topological polar surface area (TPSA) is 9.23 Å². The molecule has 0 N–H and O–H groups in total. The third-order valence-electron chi connectivity index (χ3n) is 8.20. The van der Waals surface area contributed by atoms with Crippen molar-refractivity contribution in [2.45, 2.75) is 83.7 Å². The van der Waals surface area contributed by atoms with Gasteiger partial charge in [0.1, 0.15) is 5.75 Å². The van der Waals surface area contributed by atoms with Crippen LogP contribution in [0.4, 0.5) is 8.78 Å². The van der Waals surface area contributed by atoms with Gasteiger partial charge in [0.05, 0.1) is 0 Å². The van der Waals surface area contributed by atoms with Crippen molar-refractivity contribution in [2.75, 3.05) is 0 Å². The van der Waals surface area contributed by atoms with Crippen LogP contribution in [0.2, 0.25) is 0 Å². The first-order valence-corrected chi connectivity index (χ1v) is 11.8. The Kier molecular flexibility index (Phi) is 6.92. The number of benzene rings is 1. The van der Waals surface area contributed by atoms with Crippen molar-refractivity contribution < 1.29 is 13.5 Å². The van der Waals surface area contributed by atoms with Crippen LogP contribution >= 0.6 is 0 Å². The van der Waals surface area contributed by atoms with Crippen LogP contribution in [0.1, 0.15) is 82.6 Å². The van der Waals surface area contributed by atoms with Gasteiger partial charge in [-0.3, -0.25) is 0 Å². The van der Waals surface area contributed by atoms with E-state index in [1.165, 1.54) is 69.8 Å². The molecule has 1 aromatic rings. The number of fused-ring (bicyclic) bond motifs is 3. The number of hydrogen-bond acceptors (Lipinski definition) is 1. The Hall–Kier alpha value is -1.38. The molecule has 0 radical (unpaired) electrons. The van der Waals surface area contributed by atoms with E-state index in [0.29, 0.717) is 5.92 Å². The van der Waals surface area contributed by atoms with Crippen molar-refractivity contribution in [2.24, 2.45) is 29.6 Å². The normalized spacial score (nSPS) is 34.8. The fraction of sp³-hybridized carbons (Fsp3) is 0.692. The zero-order chi connectivity index (χ0) is 20.2. The van der Waals surface area contributed by atoms with Crippen molar-refractivity contribution in [3.63, 3.8) is 0 Å². The third kappa shape index (κ3) is 5.03. The quantitative estimate of drug-likeness (QED) is 0.438. The monoisotopic (exact) mass is 402 g/mol. The molecular weight excluding hydrogens is 366 g/mol. The molecule has 0 aromatic heterocycles. The highest BCUT2D eigenvalue weighted by atomic mass is 19.3. The number of hydrogen-bond donors (Lipinski definition) is 0. The van der Waals surface area contributed by atoms with Crippen LogP contribution in [0.25, 0.3) is 0 Å². The Balaban J connectivity index is 1.32. The van der Waals surface area contributed by atoms with Crippen LogP contribution < -0.4 is 4.74 Å². The molecule has 1 nitrogen and oxygen atoms in total. The summed E-state index contributed by atoms with van der Waals surface area (Å²) in [4.78, 5) is 0. The Morgan fingerprint density at radius 1 is 0.931 bits per heavy atom. The molecule has 3 fully saturated rings. The number of alkyl halides is 2. The van der Waals surface area contributed by atoms with Crippen molar-refractivity contribution in [1.82, 2.24) is 0 Å². The highest BCUT2D eigenvalue weighted by molar-refractivity contribution is 5.30. The fourth-order valence-corrected chi connectivity index (χ4v) is 6.88. The van der Waals surface area contributed by atoms with E-state index in [9.17, 15) is 8.78 Å². The lowest BCUT2D eigenvalue weighted by Crippen LogP contribution is -2.41. The second-order valence-electron chi connectivity index (χ2n) is 9.71. The molecule has 3 aliphatic rings. The molecule has 1 unspecified atom stereocenters. The number of allylic oxidation sites excluding steroid dienone is 2. The molecule has 0 spiro atoms. The molecule has 3 heteroatoms. The highest BCUT2D eigenvalue weighted by Crippen LogP contribution is 2.55. The minimum Gasteiger partial charge on any atom is -0.435 e. The minimum absolute atomic E-state index is 0.268. The molecule has 3 aliphatic carbocycles. The molecule has 0 bridgehead atoms. The van der Waals surface area contributed by atoms with E-state index in [1.54, 1.807) is 12.1 Å². The van der Waals surface area contributed by atoms with Crippen molar-refractivity contribution in [3.05, 3.63) is 42.0 Å². The maximum atomic E-state index is 12.4. The Labute approximate surface area is 174 Å². The van der Waals surface area contributed by atoms with Gasteiger partial charge >= 0.3 is 6.61 Å². The molecule has 29 heavy (non-hydrogen) atoms. The summed E-state index contributed by atoms with van der Waals surface area (Å²) in [5.74, 6) is 5.55. The molecule has 6 atom stereocenters. The average molecular weight is 403 g/mol. The summed E-state index contributed by atoms with van der Waals surface area (Å²) in [6.45, 7) is -0.621. The van der Waals surface area contributed by atoms with Gasteiger partial charge in [-0.2, -0.15) is 8.78 Å². The van der Waals surface area contributed by atoms with Gasteiger partial charge in [0, 0.05) is 0 Å². The van der Waals surface area contributed by atoms with Crippen LogP contribution in [0.15, 0.2) is 36.4 Å². The Morgan fingerprint density at radius 3 is 2.31 bits per heavy atom. The van der Waals surface area contributed by atoms with E-state index in [4.69, 9.17) is 0 Å². The van der Waals surface area contributed by atoms with E-state index in [-0.39, 0.29) is 5.75 Å². The maximum Gasteiger partial charge on any atom is 0.387 e. The van der Waals surface area contributed by atoms with Gasteiger partial charge in [-0.25, -0.2) is 0 Å². The van der Waals surface area contributed by atoms with E-state index in [2.05, 4.69) is 23.8 Å². The van der Waals surface area contributed by atoms with Crippen LogP contribution in [-0.2, 0) is 0 Å². The number of ether oxygens (including phenoxy) is 1. The molecule has 3 saturated carbocycles. The number of halogens is 2. The van der Waals surface area contributed by atoms with Gasteiger partial charge in [-0.1, -0.05) is 30.7 Å². The predicted molar refractivity (Wildman–Crippen MR) is 114 cm³/mol. The summed E-state index contributed by atoms with van der Waals surface area (Å²) >= 11 is 0. The van der Waals surface area contributed by atoms with E-state index < -0.39 is 6.61 Å². The minimum atomic E-state index is -2.75. The van der Waals surface area contributed by atoms with Crippen molar-refractivity contribution in [1.29, 1.82) is 0 Å².